The van der Waals surface area contributed by atoms with Gasteiger partial charge in [-0.2, -0.15) is 0 Å². The number of likely N-dealkylation sites (N-methyl/N-ethyl adjacent to an activating group) is 1. The molecule has 2 aromatic carbocycles. The van der Waals surface area contributed by atoms with Gasteiger partial charge in [0.25, 0.3) is 5.91 Å². The standard InChI is InChI=1S/C32H36N4O4/c1-35-29-21-24(36-17-12-32(13-18-36)14-19-39-20-15-32)9-7-23(29)8-10-27(31(35)38)34-30(37)28-22-26(11-16-33-28)40-25-5-3-2-4-6-25/h2-7,9,11,16,21-22,27H,8,10,12-15,17-20H2,1H3,(H,34,37)/t27-/m0/s1. The second kappa shape index (κ2) is 11.3. The summed E-state index contributed by atoms with van der Waals surface area (Å²) in [7, 11) is 1.80. The molecule has 1 aromatic heterocycles. The van der Waals surface area contributed by atoms with Gasteiger partial charge < -0.3 is 24.6 Å². The van der Waals surface area contributed by atoms with E-state index in [1.54, 1.807) is 24.1 Å². The third-order valence-corrected chi connectivity index (χ3v) is 8.75. The SMILES string of the molecule is CN1C(=O)[C@@H](NC(=O)c2cc(Oc3ccccc3)ccn2)CCc2ccc(N3CCC4(CCOCC4)CC3)cc21. The summed E-state index contributed by atoms with van der Waals surface area (Å²) >= 11 is 0. The molecule has 208 valence electrons. The van der Waals surface area contributed by atoms with Crippen LogP contribution in [0.25, 0.3) is 0 Å². The molecule has 2 amide bonds. The Hall–Kier alpha value is -3.91. The molecule has 3 aromatic rings. The summed E-state index contributed by atoms with van der Waals surface area (Å²) in [4.78, 5) is 35.0. The first-order valence-electron chi connectivity index (χ1n) is 14.2. The average molecular weight is 541 g/mol. The highest BCUT2D eigenvalue weighted by molar-refractivity contribution is 6.02. The van der Waals surface area contributed by atoms with Crippen molar-refractivity contribution < 1.29 is 19.1 Å². The first-order valence-corrected chi connectivity index (χ1v) is 14.2. The maximum Gasteiger partial charge on any atom is 0.270 e. The second-order valence-electron chi connectivity index (χ2n) is 11.2. The van der Waals surface area contributed by atoms with Crippen molar-refractivity contribution in [1.29, 1.82) is 0 Å². The van der Waals surface area contributed by atoms with Crippen LogP contribution in [0.3, 0.4) is 0 Å². The number of aromatic nitrogens is 1. The monoisotopic (exact) mass is 540 g/mol. The second-order valence-corrected chi connectivity index (χ2v) is 11.2. The highest BCUT2D eigenvalue weighted by Crippen LogP contribution is 2.42. The molecule has 0 radical (unpaired) electrons. The van der Waals surface area contributed by atoms with Gasteiger partial charge >= 0.3 is 0 Å². The number of ether oxygens (including phenoxy) is 2. The van der Waals surface area contributed by atoms with Crippen molar-refractivity contribution in [3.63, 3.8) is 0 Å². The lowest BCUT2D eigenvalue weighted by Crippen LogP contribution is -2.47. The van der Waals surface area contributed by atoms with Crippen LogP contribution in [0.4, 0.5) is 11.4 Å². The lowest BCUT2D eigenvalue weighted by atomic mass is 9.72. The Bertz CT molecular complexity index is 1360. The number of hydrogen-bond donors (Lipinski definition) is 1. The molecule has 8 heteroatoms. The normalized spacial score (nSPS) is 20.5. The molecule has 1 spiro atoms. The molecule has 8 nitrogen and oxygen atoms in total. The summed E-state index contributed by atoms with van der Waals surface area (Å²) in [5.41, 5.74) is 3.83. The molecule has 6 rings (SSSR count). The zero-order valence-corrected chi connectivity index (χ0v) is 23.0. The van der Waals surface area contributed by atoms with Crippen molar-refractivity contribution >= 4 is 23.2 Å². The summed E-state index contributed by atoms with van der Waals surface area (Å²) in [6.45, 7) is 3.81. The predicted octanol–water partition coefficient (Wildman–Crippen LogP) is 4.98. The highest BCUT2D eigenvalue weighted by atomic mass is 16.5. The van der Waals surface area contributed by atoms with Crippen LogP contribution in [-0.2, 0) is 16.0 Å². The number of nitrogens with zero attached hydrogens (tertiary/aromatic N) is 3. The Balaban J connectivity index is 1.12. The fourth-order valence-electron chi connectivity index (χ4n) is 6.18. The number of rotatable bonds is 5. The molecule has 0 aliphatic carbocycles. The van der Waals surface area contributed by atoms with E-state index in [1.165, 1.54) is 19.0 Å². The van der Waals surface area contributed by atoms with Gasteiger partial charge in [0.2, 0.25) is 5.91 Å². The maximum absolute atomic E-state index is 13.5. The van der Waals surface area contributed by atoms with Gasteiger partial charge in [0.1, 0.15) is 23.2 Å². The number of amides is 2. The molecule has 0 bridgehead atoms. The average Bonchev–Trinajstić information content (AvgIpc) is 3.10. The minimum Gasteiger partial charge on any atom is -0.457 e. The van der Waals surface area contributed by atoms with Crippen LogP contribution in [0.15, 0.2) is 66.9 Å². The van der Waals surface area contributed by atoms with Crippen molar-refractivity contribution in [3.05, 3.63) is 78.1 Å². The zero-order valence-electron chi connectivity index (χ0n) is 23.0. The molecule has 3 aliphatic rings. The van der Waals surface area contributed by atoms with Gasteiger partial charge in [0, 0.05) is 57.0 Å². The molecule has 0 saturated carbocycles. The number of fused-ring (bicyclic) bond motifs is 1. The molecule has 0 unspecified atom stereocenters. The van der Waals surface area contributed by atoms with Gasteiger partial charge in [-0.15, -0.1) is 0 Å². The number of piperidine rings is 1. The van der Waals surface area contributed by atoms with Gasteiger partial charge in [-0.05, 0) is 79.8 Å². The van der Waals surface area contributed by atoms with E-state index in [-0.39, 0.29) is 11.6 Å². The van der Waals surface area contributed by atoms with Crippen molar-refractivity contribution in [2.45, 2.75) is 44.6 Å². The molecule has 40 heavy (non-hydrogen) atoms. The van der Waals surface area contributed by atoms with Crippen molar-refractivity contribution in [3.8, 4) is 11.5 Å². The van der Waals surface area contributed by atoms with Crippen LogP contribution in [0, 0.1) is 5.41 Å². The van der Waals surface area contributed by atoms with Crippen LogP contribution in [0.1, 0.15) is 48.2 Å². The molecule has 1 N–H and O–H groups in total. The van der Waals surface area contributed by atoms with Crippen LogP contribution >= 0.6 is 0 Å². The van der Waals surface area contributed by atoms with Gasteiger partial charge in [-0.3, -0.25) is 14.6 Å². The summed E-state index contributed by atoms with van der Waals surface area (Å²) in [6.07, 6.45) is 7.45. The largest absolute Gasteiger partial charge is 0.457 e. The Morgan fingerprint density at radius 2 is 1.77 bits per heavy atom. The molecule has 1 atom stereocenters. The Morgan fingerprint density at radius 3 is 2.55 bits per heavy atom. The minimum absolute atomic E-state index is 0.124. The molecule has 3 aliphatic heterocycles. The first-order chi connectivity index (χ1) is 19.5. The molecule has 2 saturated heterocycles. The number of benzene rings is 2. The fraction of sp³-hybridized carbons (Fsp3) is 0.406. The summed E-state index contributed by atoms with van der Waals surface area (Å²) < 4.78 is 11.5. The smallest absolute Gasteiger partial charge is 0.270 e. The lowest BCUT2D eigenvalue weighted by molar-refractivity contribution is -0.120. The van der Waals surface area contributed by atoms with E-state index in [4.69, 9.17) is 9.47 Å². The van der Waals surface area contributed by atoms with E-state index in [1.807, 2.05) is 30.3 Å². The van der Waals surface area contributed by atoms with Crippen LogP contribution in [0.2, 0.25) is 0 Å². The number of aryl methyl sites for hydroxylation is 1. The summed E-state index contributed by atoms with van der Waals surface area (Å²) in [5.74, 6) is 0.662. The molecule has 2 fully saturated rings. The van der Waals surface area contributed by atoms with Gasteiger partial charge in [-0.1, -0.05) is 24.3 Å². The number of nitrogens with one attached hydrogen (secondary N) is 1. The van der Waals surface area contributed by atoms with Crippen LogP contribution in [0.5, 0.6) is 11.5 Å². The van der Waals surface area contributed by atoms with Gasteiger partial charge in [0.05, 0.1) is 0 Å². The number of hydrogen-bond acceptors (Lipinski definition) is 6. The van der Waals surface area contributed by atoms with Crippen LogP contribution < -0.4 is 19.9 Å². The van der Waals surface area contributed by atoms with E-state index in [0.29, 0.717) is 29.8 Å². The molecule has 4 heterocycles. The van der Waals surface area contributed by atoms with Gasteiger partial charge in [-0.25, -0.2) is 0 Å². The maximum atomic E-state index is 13.5. The Labute approximate surface area is 235 Å². The van der Waals surface area contributed by atoms with E-state index in [2.05, 4.69) is 33.4 Å². The van der Waals surface area contributed by atoms with Gasteiger partial charge in [0.15, 0.2) is 0 Å². The number of anilines is 2. The first kappa shape index (κ1) is 26.3. The number of carbonyl (C=O) groups is 2. The van der Waals surface area contributed by atoms with Crippen LogP contribution in [-0.4, -0.2) is 56.2 Å². The quantitative estimate of drug-likeness (QED) is 0.492. The minimum atomic E-state index is -0.641. The van der Waals surface area contributed by atoms with E-state index in [9.17, 15) is 9.59 Å². The highest BCUT2D eigenvalue weighted by Gasteiger charge is 2.36. The predicted molar refractivity (Wildman–Crippen MR) is 154 cm³/mol. The molecular formula is C32H36N4O4. The lowest BCUT2D eigenvalue weighted by Gasteiger charge is -2.45. The number of carbonyl (C=O) groups excluding carboxylic acids is 2. The van der Waals surface area contributed by atoms with E-state index < -0.39 is 11.9 Å². The summed E-state index contributed by atoms with van der Waals surface area (Å²) in [6, 6.07) is 18.5. The summed E-state index contributed by atoms with van der Waals surface area (Å²) in [5, 5.41) is 2.92. The Morgan fingerprint density at radius 1 is 1.00 bits per heavy atom. The Kier molecular flexibility index (Phi) is 7.43. The van der Waals surface area contributed by atoms with Crippen molar-refractivity contribution in [1.82, 2.24) is 10.3 Å². The topological polar surface area (TPSA) is 84.0 Å². The fourth-order valence-corrected chi connectivity index (χ4v) is 6.18. The van der Waals surface area contributed by atoms with E-state index in [0.717, 1.165) is 56.1 Å². The number of para-hydroxylation sites is 1. The third kappa shape index (κ3) is 5.54. The van der Waals surface area contributed by atoms with E-state index >= 15 is 0 Å². The molecular weight excluding hydrogens is 504 g/mol. The van der Waals surface area contributed by atoms with Crippen molar-refractivity contribution in [2.75, 3.05) is 43.2 Å². The van der Waals surface area contributed by atoms with Crippen molar-refractivity contribution in [2.24, 2.45) is 5.41 Å². The third-order valence-electron chi connectivity index (χ3n) is 8.75. The number of pyridine rings is 1. The zero-order chi connectivity index (χ0) is 27.5.